The van der Waals surface area contributed by atoms with Gasteiger partial charge in [-0.05, 0) is 54.0 Å². The van der Waals surface area contributed by atoms with Crippen LogP contribution in [0.3, 0.4) is 0 Å². The molecule has 1 aromatic carbocycles. The monoisotopic (exact) mass is 370 g/mol. The number of Topliss-reactive ketones (excluding diaryl/α,β-unsaturated/α-hetero) is 1. The molecule has 0 bridgehead atoms. The second-order valence-corrected chi connectivity index (χ2v) is 6.46. The lowest BCUT2D eigenvalue weighted by atomic mass is 10.2. The van der Waals surface area contributed by atoms with E-state index in [0.717, 1.165) is 27.3 Å². The first kappa shape index (κ1) is 16.2. The van der Waals surface area contributed by atoms with Crippen LogP contribution < -0.4 is 0 Å². The van der Waals surface area contributed by atoms with Crippen LogP contribution in [0.4, 0.5) is 4.39 Å². The molecule has 0 unspecified atom stereocenters. The van der Waals surface area contributed by atoms with Crippen molar-refractivity contribution in [2.75, 3.05) is 5.75 Å². The van der Waals surface area contributed by atoms with E-state index in [0.29, 0.717) is 12.2 Å². The maximum absolute atomic E-state index is 12.8. The second kappa shape index (κ2) is 7.22. The topological polar surface area (TPSA) is 34.9 Å². The minimum atomic E-state index is -0.267. The number of nitrogens with zero attached hydrogens (tertiary/aromatic N) is 2. The summed E-state index contributed by atoms with van der Waals surface area (Å²) in [6, 6.07) is 6.17. The molecular formula is C15H16BrFN2OS. The molecule has 6 heteroatoms. The third-order valence-electron chi connectivity index (χ3n) is 3.03. The fraction of sp³-hybridized carbons (Fsp3) is 0.333. The number of rotatable bonds is 6. The number of carbonyl (C=O) groups excluding carboxylic acids is 1. The summed E-state index contributed by atoms with van der Waals surface area (Å²) in [5, 5.41) is 4.38. The van der Waals surface area contributed by atoms with Gasteiger partial charge in [0.1, 0.15) is 11.6 Å². The lowest BCUT2D eigenvalue weighted by Crippen LogP contribution is -2.11. The molecule has 0 spiro atoms. The van der Waals surface area contributed by atoms with Gasteiger partial charge in [-0.3, -0.25) is 9.48 Å². The van der Waals surface area contributed by atoms with Crippen LogP contribution in [0.5, 0.6) is 0 Å². The highest BCUT2D eigenvalue weighted by molar-refractivity contribution is 9.10. The number of halogens is 2. The van der Waals surface area contributed by atoms with Gasteiger partial charge < -0.3 is 0 Å². The first-order valence-corrected chi connectivity index (χ1v) is 8.41. The summed E-state index contributed by atoms with van der Waals surface area (Å²) in [6.07, 6.45) is 0.351. The zero-order valence-corrected chi connectivity index (χ0v) is 14.3. The molecule has 0 N–H and O–H groups in total. The van der Waals surface area contributed by atoms with Crippen LogP contribution in [-0.2, 0) is 17.8 Å². The maximum atomic E-state index is 12.8. The molecule has 0 fully saturated rings. The van der Waals surface area contributed by atoms with E-state index in [-0.39, 0.29) is 11.6 Å². The van der Waals surface area contributed by atoms with Crippen LogP contribution in [0.1, 0.15) is 18.3 Å². The molecule has 3 nitrogen and oxygen atoms in total. The van der Waals surface area contributed by atoms with Gasteiger partial charge in [-0.15, -0.1) is 11.8 Å². The Bertz CT molecular complexity index is 640. The molecule has 112 valence electrons. The molecule has 0 aliphatic heterocycles. The molecule has 21 heavy (non-hydrogen) atoms. The van der Waals surface area contributed by atoms with Crippen LogP contribution >= 0.6 is 27.7 Å². The number of aryl methyl sites for hydroxylation is 2. The number of hydrogen-bond donors (Lipinski definition) is 0. The molecule has 0 atom stereocenters. The normalized spacial score (nSPS) is 10.9. The van der Waals surface area contributed by atoms with Gasteiger partial charge in [0.15, 0.2) is 0 Å². The van der Waals surface area contributed by atoms with E-state index in [4.69, 9.17) is 0 Å². The number of benzene rings is 1. The number of carbonyl (C=O) groups is 1. The summed E-state index contributed by atoms with van der Waals surface area (Å²) in [5.41, 5.74) is 1.81. The Balaban J connectivity index is 1.97. The van der Waals surface area contributed by atoms with Crippen LogP contribution in [0, 0.1) is 12.7 Å². The highest BCUT2D eigenvalue weighted by Crippen LogP contribution is 2.23. The average Bonchev–Trinajstić information content (AvgIpc) is 2.74. The highest BCUT2D eigenvalue weighted by Gasteiger charge is 2.15. The molecule has 0 aliphatic rings. The third kappa shape index (κ3) is 4.17. The summed E-state index contributed by atoms with van der Waals surface area (Å²) >= 11 is 4.91. The van der Waals surface area contributed by atoms with E-state index in [9.17, 15) is 9.18 Å². The summed E-state index contributed by atoms with van der Waals surface area (Å²) in [7, 11) is 0. The van der Waals surface area contributed by atoms with Gasteiger partial charge in [0, 0.05) is 11.4 Å². The Morgan fingerprint density at radius 2 is 2.05 bits per heavy atom. The first-order chi connectivity index (χ1) is 10.0. The van der Waals surface area contributed by atoms with Gasteiger partial charge in [-0.1, -0.05) is 0 Å². The van der Waals surface area contributed by atoms with Crippen molar-refractivity contribution in [3.8, 4) is 0 Å². The summed E-state index contributed by atoms with van der Waals surface area (Å²) in [5.74, 6) is 0.225. The fourth-order valence-corrected chi connectivity index (χ4v) is 3.15. The molecule has 1 aromatic heterocycles. The van der Waals surface area contributed by atoms with Gasteiger partial charge >= 0.3 is 0 Å². The molecule has 2 aromatic rings. The molecular weight excluding hydrogens is 355 g/mol. The summed E-state index contributed by atoms with van der Waals surface area (Å²) < 4.78 is 15.6. The van der Waals surface area contributed by atoms with E-state index >= 15 is 0 Å². The van der Waals surface area contributed by atoms with Crippen molar-refractivity contribution in [2.24, 2.45) is 0 Å². The van der Waals surface area contributed by atoms with E-state index in [1.807, 2.05) is 18.5 Å². The minimum Gasteiger partial charge on any atom is -0.298 e. The minimum absolute atomic E-state index is 0.125. The Labute approximate surface area is 136 Å². The number of hydrogen-bond acceptors (Lipinski definition) is 3. The van der Waals surface area contributed by atoms with Crippen molar-refractivity contribution in [3.63, 3.8) is 0 Å². The Hall–Kier alpha value is -1.14. The van der Waals surface area contributed by atoms with E-state index < -0.39 is 0 Å². The third-order valence-corrected chi connectivity index (χ3v) is 5.13. The molecule has 0 aliphatic carbocycles. The standard InChI is InChI=1S/C15H16BrFN2OS/c1-3-19-14(15(16)10(2)18-19)8-12(20)9-21-13-6-4-11(17)5-7-13/h4-7H,3,8-9H2,1-2H3. The predicted molar refractivity (Wildman–Crippen MR) is 86.2 cm³/mol. The molecule has 1 heterocycles. The van der Waals surface area contributed by atoms with E-state index in [1.165, 1.54) is 23.9 Å². The van der Waals surface area contributed by atoms with Crippen molar-refractivity contribution in [2.45, 2.75) is 31.7 Å². The Morgan fingerprint density at radius 1 is 1.38 bits per heavy atom. The molecule has 0 radical (unpaired) electrons. The average molecular weight is 371 g/mol. The van der Waals surface area contributed by atoms with Crippen LogP contribution in [0.25, 0.3) is 0 Å². The number of aromatic nitrogens is 2. The maximum Gasteiger partial charge on any atom is 0.149 e. The number of ketones is 1. The fourth-order valence-electron chi connectivity index (χ4n) is 1.97. The Kier molecular flexibility index (Phi) is 5.58. The SMILES string of the molecule is CCn1nc(C)c(Br)c1CC(=O)CSc1ccc(F)cc1. The summed E-state index contributed by atoms with van der Waals surface area (Å²) in [6.45, 7) is 4.65. The lowest BCUT2D eigenvalue weighted by Gasteiger charge is -2.05. The van der Waals surface area contributed by atoms with Gasteiger partial charge in [-0.25, -0.2) is 4.39 Å². The second-order valence-electron chi connectivity index (χ2n) is 4.62. The van der Waals surface area contributed by atoms with Crippen molar-refractivity contribution in [1.82, 2.24) is 9.78 Å². The molecule has 0 amide bonds. The van der Waals surface area contributed by atoms with Crippen LogP contribution in [0.2, 0.25) is 0 Å². The van der Waals surface area contributed by atoms with Gasteiger partial charge in [0.2, 0.25) is 0 Å². The van der Waals surface area contributed by atoms with Gasteiger partial charge in [0.25, 0.3) is 0 Å². The van der Waals surface area contributed by atoms with Gasteiger partial charge in [0.05, 0.1) is 28.0 Å². The zero-order valence-electron chi connectivity index (χ0n) is 11.9. The van der Waals surface area contributed by atoms with Crippen LogP contribution in [-0.4, -0.2) is 21.3 Å². The molecule has 0 saturated heterocycles. The van der Waals surface area contributed by atoms with Crippen molar-refractivity contribution < 1.29 is 9.18 Å². The number of thioether (sulfide) groups is 1. The van der Waals surface area contributed by atoms with E-state index in [2.05, 4.69) is 21.0 Å². The van der Waals surface area contributed by atoms with Crippen LogP contribution in [0.15, 0.2) is 33.6 Å². The van der Waals surface area contributed by atoms with Gasteiger partial charge in [-0.2, -0.15) is 5.10 Å². The molecule has 0 saturated carbocycles. The van der Waals surface area contributed by atoms with Crippen molar-refractivity contribution in [1.29, 1.82) is 0 Å². The lowest BCUT2D eigenvalue weighted by molar-refractivity contribution is -0.116. The first-order valence-electron chi connectivity index (χ1n) is 6.63. The highest BCUT2D eigenvalue weighted by atomic mass is 79.9. The smallest absolute Gasteiger partial charge is 0.149 e. The zero-order chi connectivity index (χ0) is 15.4. The van der Waals surface area contributed by atoms with Crippen molar-refractivity contribution in [3.05, 3.63) is 45.9 Å². The van der Waals surface area contributed by atoms with Crippen molar-refractivity contribution >= 4 is 33.5 Å². The largest absolute Gasteiger partial charge is 0.298 e. The molecule has 2 rings (SSSR count). The quantitative estimate of drug-likeness (QED) is 0.720. The summed E-state index contributed by atoms with van der Waals surface area (Å²) in [4.78, 5) is 13.0. The predicted octanol–water partition coefficient (Wildman–Crippen LogP) is 4.02. The van der Waals surface area contributed by atoms with E-state index in [1.54, 1.807) is 12.1 Å². The Morgan fingerprint density at radius 3 is 2.67 bits per heavy atom.